The molecule has 1 saturated heterocycles. The predicted octanol–water partition coefficient (Wildman–Crippen LogP) is 1.56. The number of amides is 1. The number of carbonyl (C=O) groups excluding carboxylic acids is 1. The molecule has 112 valence electrons. The van der Waals surface area contributed by atoms with Gasteiger partial charge in [-0.15, -0.1) is 12.4 Å². The molecule has 1 amide bonds. The summed E-state index contributed by atoms with van der Waals surface area (Å²) in [4.78, 5) is 14.2. The lowest BCUT2D eigenvalue weighted by Crippen LogP contribution is -2.46. The Balaban J connectivity index is 0.00000200. The topological polar surface area (TPSA) is 50.8 Å². The molecule has 2 rings (SSSR count). The Kier molecular flexibility index (Phi) is 6.61. The molecular weight excluding hydrogens is 280 g/mol. The highest BCUT2D eigenvalue weighted by Gasteiger charge is 2.19. The van der Waals surface area contributed by atoms with Gasteiger partial charge in [-0.05, 0) is 25.1 Å². The van der Waals surface area contributed by atoms with Crippen LogP contribution in [0.15, 0.2) is 18.2 Å². The fraction of sp³-hybridized carbons (Fsp3) is 0.500. The molecule has 0 bridgehead atoms. The number of nitrogens with zero attached hydrogens (tertiary/aromatic N) is 1. The van der Waals surface area contributed by atoms with Gasteiger partial charge in [0.05, 0.1) is 13.7 Å². The van der Waals surface area contributed by atoms with Crippen LogP contribution in [0.4, 0.5) is 0 Å². The molecule has 0 aromatic heterocycles. The Morgan fingerprint density at radius 2 is 2.00 bits per heavy atom. The van der Waals surface area contributed by atoms with Gasteiger partial charge in [0, 0.05) is 31.7 Å². The zero-order valence-electron chi connectivity index (χ0n) is 11.8. The van der Waals surface area contributed by atoms with Gasteiger partial charge in [0.2, 0.25) is 0 Å². The fourth-order valence-electron chi connectivity index (χ4n) is 2.13. The van der Waals surface area contributed by atoms with Crippen LogP contribution < -0.4 is 14.8 Å². The van der Waals surface area contributed by atoms with E-state index in [2.05, 4.69) is 5.32 Å². The van der Waals surface area contributed by atoms with E-state index in [-0.39, 0.29) is 18.3 Å². The van der Waals surface area contributed by atoms with Crippen molar-refractivity contribution >= 4 is 18.3 Å². The van der Waals surface area contributed by atoms with Gasteiger partial charge in [-0.25, -0.2) is 0 Å². The van der Waals surface area contributed by atoms with Crippen molar-refractivity contribution in [2.75, 3.05) is 39.9 Å². The first-order chi connectivity index (χ1) is 9.26. The summed E-state index contributed by atoms with van der Waals surface area (Å²) in [7, 11) is 1.58. The maximum absolute atomic E-state index is 12.3. The van der Waals surface area contributed by atoms with Crippen LogP contribution in [0.3, 0.4) is 0 Å². The number of hydrogen-bond donors (Lipinski definition) is 1. The van der Waals surface area contributed by atoms with Gasteiger partial charge >= 0.3 is 0 Å². The van der Waals surface area contributed by atoms with E-state index in [1.165, 1.54) is 0 Å². The predicted molar refractivity (Wildman–Crippen MR) is 80.2 cm³/mol. The Bertz CT molecular complexity index is 448. The van der Waals surface area contributed by atoms with E-state index in [9.17, 15) is 4.79 Å². The number of methoxy groups -OCH3 is 1. The van der Waals surface area contributed by atoms with Crippen molar-refractivity contribution in [1.29, 1.82) is 0 Å². The third-order valence-electron chi connectivity index (χ3n) is 3.11. The Morgan fingerprint density at radius 1 is 1.30 bits per heavy atom. The van der Waals surface area contributed by atoms with Crippen molar-refractivity contribution in [3.63, 3.8) is 0 Å². The monoisotopic (exact) mass is 300 g/mol. The summed E-state index contributed by atoms with van der Waals surface area (Å²) < 4.78 is 10.7. The van der Waals surface area contributed by atoms with E-state index < -0.39 is 0 Å². The van der Waals surface area contributed by atoms with Crippen LogP contribution in [-0.2, 0) is 0 Å². The number of rotatable bonds is 4. The van der Waals surface area contributed by atoms with E-state index in [0.717, 1.165) is 26.2 Å². The molecule has 0 radical (unpaired) electrons. The highest BCUT2D eigenvalue weighted by Crippen LogP contribution is 2.28. The van der Waals surface area contributed by atoms with Crippen LogP contribution in [-0.4, -0.2) is 50.7 Å². The number of piperazine rings is 1. The maximum Gasteiger partial charge on any atom is 0.254 e. The Morgan fingerprint density at radius 3 is 2.60 bits per heavy atom. The molecule has 6 heteroatoms. The molecule has 1 N–H and O–H groups in total. The van der Waals surface area contributed by atoms with E-state index >= 15 is 0 Å². The van der Waals surface area contributed by atoms with Crippen LogP contribution in [0.1, 0.15) is 17.3 Å². The molecule has 20 heavy (non-hydrogen) atoms. The van der Waals surface area contributed by atoms with E-state index in [0.29, 0.717) is 23.7 Å². The van der Waals surface area contributed by atoms with Crippen molar-refractivity contribution < 1.29 is 14.3 Å². The largest absolute Gasteiger partial charge is 0.493 e. The molecule has 1 aliphatic heterocycles. The first-order valence-electron chi connectivity index (χ1n) is 6.57. The number of carbonyl (C=O) groups is 1. The number of hydrogen-bond acceptors (Lipinski definition) is 4. The van der Waals surface area contributed by atoms with Crippen LogP contribution >= 0.6 is 12.4 Å². The van der Waals surface area contributed by atoms with E-state index in [1.807, 2.05) is 11.8 Å². The summed E-state index contributed by atoms with van der Waals surface area (Å²) in [5, 5.41) is 3.23. The summed E-state index contributed by atoms with van der Waals surface area (Å²) >= 11 is 0. The summed E-state index contributed by atoms with van der Waals surface area (Å²) in [6.45, 7) is 5.67. The first kappa shape index (κ1) is 16.6. The van der Waals surface area contributed by atoms with Gasteiger partial charge in [-0.2, -0.15) is 0 Å². The highest BCUT2D eigenvalue weighted by molar-refractivity contribution is 5.95. The highest BCUT2D eigenvalue weighted by atomic mass is 35.5. The van der Waals surface area contributed by atoms with Gasteiger partial charge in [0.1, 0.15) is 0 Å². The van der Waals surface area contributed by atoms with Gasteiger partial charge < -0.3 is 19.7 Å². The molecule has 1 aromatic carbocycles. The molecule has 0 unspecified atom stereocenters. The second-order valence-corrected chi connectivity index (χ2v) is 4.34. The van der Waals surface area contributed by atoms with Gasteiger partial charge in [-0.1, -0.05) is 0 Å². The molecule has 0 spiro atoms. The third kappa shape index (κ3) is 3.77. The summed E-state index contributed by atoms with van der Waals surface area (Å²) in [5.74, 6) is 1.31. The second-order valence-electron chi connectivity index (χ2n) is 4.34. The summed E-state index contributed by atoms with van der Waals surface area (Å²) in [6, 6.07) is 5.32. The smallest absolute Gasteiger partial charge is 0.254 e. The van der Waals surface area contributed by atoms with E-state index in [1.54, 1.807) is 25.3 Å². The molecule has 1 fully saturated rings. The molecule has 0 atom stereocenters. The minimum atomic E-state index is 0. The standard InChI is InChI=1S/C14H20N2O3.ClH/c1-3-19-12-5-4-11(10-13(12)18-2)14(17)16-8-6-15-7-9-16;/h4-5,10,15H,3,6-9H2,1-2H3;1H. The second kappa shape index (κ2) is 7.97. The zero-order chi connectivity index (χ0) is 13.7. The fourth-order valence-corrected chi connectivity index (χ4v) is 2.13. The Labute approximate surface area is 125 Å². The van der Waals surface area contributed by atoms with Crippen molar-refractivity contribution in [2.24, 2.45) is 0 Å². The van der Waals surface area contributed by atoms with Crippen molar-refractivity contribution in [2.45, 2.75) is 6.92 Å². The molecule has 0 aliphatic carbocycles. The number of ether oxygens (including phenoxy) is 2. The molecule has 0 saturated carbocycles. The lowest BCUT2D eigenvalue weighted by atomic mass is 10.1. The number of benzene rings is 1. The molecular formula is C14H21ClN2O3. The number of nitrogens with one attached hydrogen (secondary N) is 1. The lowest BCUT2D eigenvalue weighted by Gasteiger charge is -2.27. The zero-order valence-corrected chi connectivity index (χ0v) is 12.7. The minimum absolute atomic E-state index is 0. The molecule has 1 aromatic rings. The SMILES string of the molecule is CCOc1ccc(C(=O)N2CCNCC2)cc1OC.Cl. The number of halogens is 1. The van der Waals surface area contributed by atoms with Crippen molar-refractivity contribution in [3.05, 3.63) is 23.8 Å². The van der Waals surface area contributed by atoms with Crippen LogP contribution in [0.25, 0.3) is 0 Å². The third-order valence-corrected chi connectivity index (χ3v) is 3.11. The van der Waals surface area contributed by atoms with Gasteiger partial charge in [0.15, 0.2) is 11.5 Å². The van der Waals surface area contributed by atoms with Crippen LogP contribution in [0.5, 0.6) is 11.5 Å². The summed E-state index contributed by atoms with van der Waals surface area (Å²) in [5.41, 5.74) is 0.641. The molecule has 1 aliphatic rings. The van der Waals surface area contributed by atoms with Crippen LogP contribution in [0.2, 0.25) is 0 Å². The minimum Gasteiger partial charge on any atom is -0.493 e. The van der Waals surface area contributed by atoms with Crippen molar-refractivity contribution in [3.8, 4) is 11.5 Å². The average Bonchev–Trinajstić information content (AvgIpc) is 2.48. The van der Waals surface area contributed by atoms with Gasteiger partial charge in [-0.3, -0.25) is 4.79 Å². The summed E-state index contributed by atoms with van der Waals surface area (Å²) in [6.07, 6.45) is 0. The van der Waals surface area contributed by atoms with Crippen molar-refractivity contribution in [1.82, 2.24) is 10.2 Å². The normalized spacial score (nSPS) is 14.4. The van der Waals surface area contributed by atoms with E-state index in [4.69, 9.17) is 9.47 Å². The van der Waals surface area contributed by atoms with Crippen LogP contribution in [0, 0.1) is 0 Å². The molecule has 1 heterocycles. The average molecular weight is 301 g/mol. The first-order valence-corrected chi connectivity index (χ1v) is 6.57. The molecule has 5 nitrogen and oxygen atoms in total. The van der Waals surface area contributed by atoms with Gasteiger partial charge in [0.25, 0.3) is 5.91 Å². The Hall–Kier alpha value is -1.46. The maximum atomic E-state index is 12.3. The quantitative estimate of drug-likeness (QED) is 0.917. The lowest BCUT2D eigenvalue weighted by molar-refractivity contribution is 0.0735.